The van der Waals surface area contributed by atoms with Gasteiger partial charge in [-0.1, -0.05) is 0 Å². The van der Waals surface area contributed by atoms with E-state index in [9.17, 15) is 9.18 Å². The average molecular weight is 296 g/mol. The Labute approximate surface area is 123 Å². The van der Waals surface area contributed by atoms with Crippen molar-refractivity contribution in [1.82, 2.24) is 15.2 Å². The van der Waals surface area contributed by atoms with E-state index in [-0.39, 0.29) is 17.4 Å². The second kappa shape index (κ2) is 7.33. The van der Waals surface area contributed by atoms with Gasteiger partial charge < -0.3 is 15.4 Å². The van der Waals surface area contributed by atoms with Crippen molar-refractivity contribution in [3.8, 4) is 0 Å². The van der Waals surface area contributed by atoms with E-state index >= 15 is 0 Å². The van der Waals surface area contributed by atoms with Crippen LogP contribution in [0.5, 0.6) is 0 Å². The Kier molecular flexibility index (Phi) is 5.46. The van der Waals surface area contributed by atoms with Crippen molar-refractivity contribution < 1.29 is 13.9 Å². The first-order valence-corrected chi connectivity index (χ1v) is 7.05. The molecule has 1 aromatic heterocycles. The van der Waals surface area contributed by atoms with Crippen LogP contribution in [0.25, 0.3) is 0 Å². The summed E-state index contributed by atoms with van der Waals surface area (Å²) >= 11 is 0. The number of nitrogens with zero attached hydrogens (tertiary/aromatic N) is 2. The van der Waals surface area contributed by atoms with Crippen LogP contribution in [0.15, 0.2) is 12.3 Å². The summed E-state index contributed by atoms with van der Waals surface area (Å²) < 4.78 is 19.3. The van der Waals surface area contributed by atoms with Crippen LogP contribution in [0, 0.1) is 5.82 Å². The van der Waals surface area contributed by atoms with E-state index in [0.717, 1.165) is 19.6 Å². The lowest BCUT2D eigenvalue weighted by atomic mass is 10.2. The summed E-state index contributed by atoms with van der Waals surface area (Å²) in [4.78, 5) is 18.2. The highest BCUT2D eigenvalue weighted by Gasteiger charge is 2.19. The lowest BCUT2D eigenvalue weighted by molar-refractivity contribution is 0.0342. The van der Waals surface area contributed by atoms with Gasteiger partial charge >= 0.3 is 0 Å². The quantitative estimate of drug-likeness (QED) is 0.838. The van der Waals surface area contributed by atoms with Gasteiger partial charge in [-0.2, -0.15) is 0 Å². The highest BCUT2D eigenvalue weighted by Crippen LogP contribution is 2.14. The Morgan fingerprint density at radius 3 is 2.90 bits per heavy atom. The van der Waals surface area contributed by atoms with Gasteiger partial charge in [-0.05, 0) is 13.0 Å². The predicted octanol–water partition coefficient (Wildman–Crippen LogP) is 0.713. The second-order valence-corrected chi connectivity index (χ2v) is 5.06. The van der Waals surface area contributed by atoms with E-state index < -0.39 is 11.7 Å². The van der Waals surface area contributed by atoms with Gasteiger partial charge in [0.25, 0.3) is 5.91 Å². The van der Waals surface area contributed by atoms with Crippen LogP contribution < -0.4 is 10.6 Å². The Morgan fingerprint density at radius 2 is 2.24 bits per heavy atom. The van der Waals surface area contributed by atoms with Crippen LogP contribution in [0.4, 0.5) is 10.2 Å². The summed E-state index contributed by atoms with van der Waals surface area (Å²) in [5, 5.41) is 5.44. The fourth-order valence-corrected chi connectivity index (χ4v) is 2.31. The Bertz CT molecular complexity index is 492. The summed E-state index contributed by atoms with van der Waals surface area (Å²) in [5.74, 6) is -0.980. The molecule has 0 radical (unpaired) electrons. The zero-order valence-corrected chi connectivity index (χ0v) is 12.4. The second-order valence-electron chi connectivity index (χ2n) is 5.06. The molecular formula is C14H21FN4O2. The highest BCUT2D eigenvalue weighted by molar-refractivity contribution is 5.95. The summed E-state index contributed by atoms with van der Waals surface area (Å²) in [7, 11) is 1.56. The molecule has 6 nitrogen and oxygen atoms in total. The number of morpholine rings is 1. The maximum Gasteiger partial charge on any atom is 0.254 e. The molecule has 0 saturated carbocycles. The molecule has 1 atom stereocenters. The van der Waals surface area contributed by atoms with Gasteiger partial charge in [-0.15, -0.1) is 0 Å². The monoisotopic (exact) mass is 296 g/mol. The number of amides is 1. The Morgan fingerprint density at radius 1 is 1.52 bits per heavy atom. The standard InChI is InChI=1S/C14H21FN4O2/c1-10(9-19-5-7-21-8-6-19)18-14(20)11-3-4-17-13(16-2)12(11)15/h3-4,10H,5-9H2,1-2H3,(H,16,17)(H,18,20). The van der Waals surface area contributed by atoms with Gasteiger partial charge in [-0.25, -0.2) is 9.37 Å². The average Bonchev–Trinajstić information content (AvgIpc) is 2.48. The molecule has 0 spiro atoms. The van der Waals surface area contributed by atoms with Crippen molar-refractivity contribution in [3.05, 3.63) is 23.6 Å². The zero-order chi connectivity index (χ0) is 15.2. The molecule has 1 aliphatic rings. The van der Waals surface area contributed by atoms with Crippen LogP contribution >= 0.6 is 0 Å². The number of aromatic nitrogens is 1. The van der Waals surface area contributed by atoms with Gasteiger partial charge in [0, 0.05) is 38.9 Å². The maximum absolute atomic E-state index is 14.0. The van der Waals surface area contributed by atoms with E-state index in [1.54, 1.807) is 7.05 Å². The molecule has 0 aromatic carbocycles. The number of anilines is 1. The molecule has 1 saturated heterocycles. The molecule has 2 N–H and O–H groups in total. The molecule has 1 aromatic rings. The topological polar surface area (TPSA) is 66.5 Å². The smallest absolute Gasteiger partial charge is 0.254 e. The molecule has 1 aliphatic heterocycles. The van der Waals surface area contributed by atoms with Crippen molar-refractivity contribution in [2.45, 2.75) is 13.0 Å². The third kappa shape index (κ3) is 4.12. The minimum absolute atomic E-state index is 0.00294. The van der Waals surface area contributed by atoms with Crippen molar-refractivity contribution >= 4 is 11.7 Å². The van der Waals surface area contributed by atoms with Gasteiger partial charge in [-0.3, -0.25) is 9.69 Å². The number of rotatable bonds is 5. The van der Waals surface area contributed by atoms with Crippen LogP contribution in [0.2, 0.25) is 0 Å². The lowest BCUT2D eigenvalue weighted by Gasteiger charge is -2.29. The van der Waals surface area contributed by atoms with Crippen molar-refractivity contribution in [2.75, 3.05) is 45.2 Å². The van der Waals surface area contributed by atoms with Crippen molar-refractivity contribution in [3.63, 3.8) is 0 Å². The van der Waals surface area contributed by atoms with Crippen molar-refractivity contribution in [1.29, 1.82) is 0 Å². The molecule has 7 heteroatoms. The van der Waals surface area contributed by atoms with Gasteiger partial charge in [0.05, 0.1) is 18.8 Å². The summed E-state index contributed by atoms with van der Waals surface area (Å²) in [5.41, 5.74) is 0.00294. The fraction of sp³-hybridized carbons (Fsp3) is 0.571. The van der Waals surface area contributed by atoms with E-state index in [4.69, 9.17) is 4.74 Å². The number of hydrogen-bond donors (Lipinski definition) is 2. The first kappa shape index (κ1) is 15.7. The first-order valence-electron chi connectivity index (χ1n) is 7.05. The van der Waals surface area contributed by atoms with E-state index in [2.05, 4.69) is 20.5 Å². The number of halogens is 1. The minimum Gasteiger partial charge on any atom is -0.379 e. The number of carbonyl (C=O) groups excluding carboxylic acids is 1. The third-order valence-corrected chi connectivity index (χ3v) is 3.38. The predicted molar refractivity (Wildman–Crippen MR) is 77.9 cm³/mol. The summed E-state index contributed by atoms with van der Waals surface area (Å²) in [6.07, 6.45) is 1.41. The molecular weight excluding hydrogens is 275 g/mol. The normalized spacial score (nSPS) is 17.3. The van der Waals surface area contributed by atoms with Crippen LogP contribution in [-0.4, -0.2) is 61.7 Å². The molecule has 1 fully saturated rings. The van der Waals surface area contributed by atoms with Crippen LogP contribution in [-0.2, 0) is 4.74 Å². The molecule has 21 heavy (non-hydrogen) atoms. The molecule has 2 rings (SSSR count). The minimum atomic E-state index is -0.629. The maximum atomic E-state index is 14.0. The fourth-order valence-electron chi connectivity index (χ4n) is 2.31. The zero-order valence-electron chi connectivity index (χ0n) is 12.4. The largest absolute Gasteiger partial charge is 0.379 e. The van der Waals surface area contributed by atoms with Crippen LogP contribution in [0.3, 0.4) is 0 Å². The van der Waals surface area contributed by atoms with Crippen LogP contribution in [0.1, 0.15) is 17.3 Å². The molecule has 1 amide bonds. The number of nitrogens with one attached hydrogen (secondary N) is 2. The van der Waals surface area contributed by atoms with Gasteiger partial charge in [0.1, 0.15) is 0 Å². The number of pyridine rings is 1. The molecule has 2 heterocycles. The van der Waals surface area contributed by atoms with Gasteiger partial charge in [0.2, 0.25) is 0 Å². The van der Waals surface area contributed by atoms with E-state index in [1.807, 2.05) is 6.92 Å². The number of carbonyl (C=O) groups is 1. The highest BCUT2D eigenvalue weighted by atomic mass is 19.1. The third-order valence-electron chi connectivity index (χ3n) is 3.38. The molecule has 0 bridgehead atoms. The summed E-state index contributed by atoms with van der Waals surface area (Å²) in [6.45, 7) is 5.77. The van der Waals surface area contributed by atoms with Gasteiger partial charge in [0.15, 0.2) is 11.6 Å². The lowest BCUT2D eigenvalue weighted by Crippen LogP contribution is -2.46. The molecule has 0 aliphatic carbocycles. The number of hydrogen-bond acceptors (Lipinski definition) is 5. The first-order chi connectivity index (χ1) is 10.1. The Hall–Kier alpha value is -1.73. The van der Waals surface area contributed by atoms with E-state index in [1.165, 1.54) is 12.3 Å². The van der Waals surface area contributed by atoms with E-state index in [0.29, 0.717) is 13.2 Å². The molecule has 1 unspecified atom stereocenters. The molecule has 116 valence electrons. The Balaban J connectivity index is 1.94. The number of ether oxygens (including phenoxy) is 1. The summed E-state index contributed by atoms with van der Waals surface area (Å²) in [6, 6.07) is 1.31. The SMILES string of the molecule is CNc1nccc(C(=O)NC(C)CN2CCOCC2)c1F. The van der Waals surface area contributed by atoms with Crippen molar-refractivity contribution in [2.24, 2.45) is 0 Å².